The average molecular weight is 373 g/mol. The van der Waals surface area contributed by atoms with Crippen molar-refractivity contribution in [3.05, 3.63) is 49.7 Å². The molecule has 0 bridgehead atoms. The molecule has 1 heterocycles. The molecule has 18 heavy (non-hydrogen) atoms. The first-order chi connectivity index (χ1) is 8.76. The van der Waals surface area contributed by atoms with Gasteiger partial charge in [-0.1, -0.05) is 25.1 Å². The summed E-state index contributed by atoms with van der Waals surface area (Å²) in [7, 11) is 1.72. The molecule has 1 aromatic heterocycles. The highest BCUT2D eigenvalue weighted by molar-refractivity contribution is 14.1. The van der Waals surface area contributed by atoms with Crippen LogP contribution in [0.4, 0.5) is 0 Å². The standard InChI is InChI=1S/C14H16INOS/c1-3-16-14(10-8-13(15)18-9-10)11-6-4-5-7-12(11)17-2/h4-9,14,16H,3H2,1-2H3. The highest BCUT2D eigenvalue weighted by atomic mass is 127. The average Bonchev–Trinajstić information content (AvgIpc) is 2.82. The Bertz CT molecular complexity index is 512. The van der Waals surface area contributed by atoms with Gasteiger partial charge in [0.25, 0.3) is 0 Å². The second kappa shape index (κ2) is 6.54. The molecule has 0 fully saturated rings. The summed E-state index contributed by atoms with van der Waals surface area (Å²) in [4.78, 5) is 0. The van der Waals surface area contributed by atoms with Crippen molar-refractivity contribution < 1.29 is 4.74 Å². The summed E-state index contributed by atoms with van der Waals surface area (Å²) >= 11 is 4.13. The highest BCUT2D eigenvalue weighted by Gasteiger charge is 2.17. The molecule has 1 atom stereocenters. The van der Waals surface area contributed by atoms with Crippen molar-refractivity contribution in [3.63, 3.8) is 0 Å². The van der Waals surface area contributed by atoms with E-state index < -0.39 is 0 Å². The molecule has 0 saturated carbocycles. The smallest absolute Gasteiger partial charge is 0.123 e. The molecule has 2 rings (SSSR count). The van der Waals surface area contributed by atoms with Gasteiger partial charge in [-0.2, -0.15) is 0 Å². The largest absolute Gasteiger partial charge is 0.496 e. The van der Waals surface area contributed by atoms with Gasteiger partial charge >= 0.3 is 0 Å². The van der Waals surface area contributed by atoms with Crippen LogP contribution in [0.25, 0.3) is 0 Å². The summed E-state index contributed by atoms with van der Waals surface area (Å²) in [5.74, 6) is 0.935. The fraction of sp³-hybridized carbons (Fsp3) is 0.286. The Labute approximate surface area is 126 Å². The van der Waals surface area contributed by atoms with Gasteiger partial charge in [0, 0.05) is 5.56 Å². The van der Waals surface area contributed by atoms with Crippen LogP contribution in [0.3, 0.4) is 0 Å². The van der Waals surface area contributed by atoms with Crippen LogP contribution in [0.5, 0.6) is 5.75 Å². The van der Waals surface area contributed by atoms with Crippen LogP contribution < -0.4 is 10.1 Å². The van der Waals surface area contributed by atoms with E-state index in [0.717, 1.165) is 12.3 Å². The molecule has 0 aliphatic carbocycles. The molecule has 2 aromatic rings. The Morgan fingerprint density at radius 1 is 1.39 bits per heavy atom. The molecule has 0 radical (unpaired) electrons. The van der Waals surface area contributed by atoms with Crippen LogP contribution in [0.2, 0.25) is 0 Å². The molecule has 96 valence electrons. The van der Waals surface area contributed by atoms with E-state index in [0.29, 0.717) is 0 Å². The molecule has 0 spiro atoms. The number of thiophene rings is 1. The van der Waals surface area contributed by atoms with Gasteiger partial charge < -0.3 is 10.1 Å². The Morgan fingerprint density at radius 2 is 2.17 bits per heavy atom. The summed E-state index contributed by atoms with van der Waals surface area (Å²) in [6, 6.07) is 10.6. The van der Waals surface area contributed by atoms with E-state index in [-0.39, 0.29) is 6.04 Å². The minimum absolute atomic E-state index is 0.200. The SMILES string of the molecule is CCNC(c1csc(I)c1)c1ccccc1OC. The van der Waals surface area contributed by atoms with Crippen molar-refractivity contribution in [1.82, 2.24) is 5.32 Å². The van der Waals surface area contributed by atoms with Gasteiger partial charge in [-0.15, -0.1) is 11.3 Å². The predicted molar refractivity (Wildman–Crippen MR) is 85.5 cm³/mol. The molecule has 4 heteroatoms. The van der Waals surface area contributed by atoms with Crippen LogP contribution in [-0.2, 0) is 0 Å². The fourth-order valence-electron chi connectivity index (χ4n) is 1.99. The lowest BCUT2D eigenvalue weighted by Gasteiger charge is -2.19. The number of nitrogens with one attached hydrogen (secondary N) is 1. The van der Waals surface area contributed by atoms with E-state index in [2.05, 4.69) is 58.4 Å². The van der Waals surface area contributed by atoms with Crippen molar-refractivity contribution >= 4 is 33.9 Å². The number of halogens is 1. The lowest BCUT2D eigenvalue weighted by atomic mass is 10.0. The van der Waals surface area contributed by atoms with Crippen LogP contribution in [0, 0.1) is 2.88 Å². The van der Waals surface area contributed by atoms with Gasteiger partial charge in [0.05, 0.1) is 16.0 Å². The van der Waals surface area contributed by atoms with Crippen molar-refractivity contribution in [2.24, 2.45) is 0 Å². The Kier molecular flexibility index (Phi) is 5.03. The molecular weight excluding hydrogens is 357 g/mol. The van der Waals surface area contributed by atoms with Crippen molar-refractivity contribution in [1.29, 1.82) is 0 Å². The molecule has 1 N–H and O–H groups in total. The molecule has 0 aliphatic rings. The van der Waals surface area contributed by atoms with Crippen molar-refractivity contribution in [3.8, 4) is 5.75 Å². The summed E-state index contributed by atoms with van der Waals surface area (Å²) in [6.45, 7) is 3.05. The number of ether oxygens (including phenoxy) is 1. The number of para-hydroxylation sites is 1. The molecular formula is C14H16INOS. The molecule has 1 aromatic carbocycles. The summed E-state index contributed by atoms with van der Waals surface area (Å²) in [6.07, 6.45) is 0. The number of hydrogen-bond donors (Lipinski definition) is 1. The third-order valence-corrected chi connectivity index (χ3v) is 4.59. The van der Waals surface area contributed by atoms with E-state index in [9.17, 15) is 0 Å². The number of rotatable bonds is 5. The Balaban J connectivity index is 2.41. The van der Waals surface area contributed by atoms with Gasteiger partial charge in [0.1, 0.15) is 5.75 Å². The van der Waals surface area contributed by atoms with Gasteiger partial charge in [0.2, 0.25) is 0 Å². The van der Waals surface area contributed by atoms with Crippen LogP contribution in [0.15, 0.2) is 35.7 Å². The van der Waals surface area contributed by atoms with E-state index in [1.807, 2.05) is 12.1 Å². The van der Waals surface area contributed by atoms with E-state index in [4.69, 9.17) is 4.74 Å². The van der Waals surface area contributed by atoms with E-state index in [1.54, 1.807) is 18.4 Å². The highest BCUT2D eigenvalue weighted by Crippen LogP contribution is 2.32. The lowest BCUT2D eigenvalue weighted by Crippen LogP contribution is -2.22. The Morgan fingerprint density at radius 3 is 2.78 bits per heavy atom. The van der Waals surface area contributed by atoms with Gasteiger partial charge in [-0.25, -0.2) is 0 Å². The first kappa shape index (κ1) is 13.8. The van der Waals surface area contributed by atoms with E-state index in [1.165, 1.54) is 14.0 Å². The predicted octanol–water partition coefficient (Wildman–Crippen LogP) is 4.06. The Hall–Kier alpha value is -0.590. The van der Waals surface area contributed by atoms with Gasteiger partial charge in [-0.05, 0) is 52.2 Å². The molecule has 0 saturated heterocycles. The number of hydrogen-bond acceptors (Lipinski definition) is 3. The fourth-order valence-corrected chi connectivity index (χ4v) is 3.39. The molecule has 1 unspecified atom stereocenters. The summed E-state index contributed by atoms with van der Waals surface area (Å²) in [5, 5.41) is 5.74. The van der Waals surface area contributed by atoms with Gasteiger partial charge in [-0.3, -0.25) is 0 Å². The zero-order valence-electron chi connectivity index (χ0n) is 10.4. The lowest BCUT2D eigenvalue weighted by molar-refractivity contribution is 0.404. The summed E-state index contributed by atoms with van der Waals surface area (Å²) < 4.78 is 6.77. The second-order valence-electron chi connectivity index (χ2n) is 3.92. The summed E-state index contributed by atoms with van der Waals surface area (Å²) in [5.41, 5.74) is 2.49. The molecule has 2 nitrogen and oxygen atoms in total. The third-order valence-electron chi connectivity index (χ3n) is 2.78. The van der Waals surface area contributed by atoms with Crippen LogP contribution >= 0.6 is 33.9 Å². The number of benzene rings is 1. The maximum atomic E-state index is 5.46. The maximum Gasteiger partial charge on any atom is 0.123 e. The van der Waals surface area contributed by atoms with E-state index >= 15 is 0 Å². The monoisotopic (exact) mass is 373 g/mol. The minimum atomic E-state index is 0.200. The first-order valence-electron chi connectivity index (χ1n) is 5.86. The molecule has 0 aliphatic heterocycles. The first-order valence-corrected chi connectivity index (χ1v) is 7.82. The van der Waals surface area contributed by atoms with Crippen LogP contribution in [0.1, 0.15) is 24.1 Å². The van der Waals surface area contributed by atoms with Crippen LogP contribution in [-0.4, -0.2) is 13.7 Å². The maximum absolute atomic E-state index is 5.46. The van der Waals surface area contributed by atoms with Gasteiger partial charge in [0.15, 0.2) is 0 Å². The second-order valence-corrected chi connectivity index (χ2v) is 6.72. The zero-order valence-corrected chi connectivity index (χ0v) is 13.4. The third kappa shape index (κ3) is 3.05. The normalized spacial score (nSPS) is 12.4. The minimum Gasteiger partial charge on any atom is -0.496 e. The molecule has 0 amide bonds. The van der Waals surface area contributed by atoms with Crippen molar-refractivity contribution in [2.45, 2.75) is 13.0 Å². The number of methoxy groups -OCH3 is 1. The zero-order chi connectivity index (χ0) is 13.0. The quantitative estimate of drug-likeness (QED) is 0.799. The van der Waals surface area contributed by atoms with Crippen molar-refractivity contribution in [2.75, 3.05) is 13.7 Å². The topological polar surface area (TPSA) is 21.3 Å².